The van der Waals surface area contributed by atoms with Gasteiger partial charge in [0.15, 0.2) is 0 Å². The molecule has 0 saturated heterocycles. The van der Waals surface area contributed by atoms with Gasteiger partial charge in [0.25, 0.3) is 0 Å². The number of esters is 2. The van der Waals surface area contributed by atoms with Crippen molar-refractivity contribution in [2.45, 2.75) is 162 Å². The maximum atomic E-state index is 11.6. The molecule has 0 unspecified atom stereocenters. The molecule has 0 saturated carbocycles. The van der Waals surface area contributed by atoms with Crippen molar-refractivity contribution in [1.82, 2.24) is 0 Å². The Morgan fingerprint density at radius 1 is 0.529 bits per heavy atom. The number of ketones is 2. The van der Waals surface area contributed by atoms with Gasteiger partial charge >= 0.3 is 60.4 Å². The molecule has 0 aromatic carbocycles. The first-order valence-corrected chi connectivity index (χ1v) is 20.7. The van der Waals surface area contributed by atoms with E-state index in [1.165, 1.54) is 87.7 Å². The van der Waals surface area contributed by atoms with E-state index in [4.69, 9.17) is 9.47 Å². The van der Waals surface area contributed by atoms with E-state index in [1.807, 2.05) is 0 Å². The Kier molecular flexibility index (Phi) is 58.5. The molecule has 0 aromatic heterocycles. The zero-order valence-corrected chi connectivity index (χ0v) is 38.0. The zero-order chi connectivity index (χ0) is 37.4. The van der Waals surface area contributed by atoms with Crippen LogP contribution in [0.4, 0.5) is 0 Å². The summed E-state index contributed by atoms with van der Waals surface area (Å²) in [7, 11) is 0. The number of unbranched alkanes of at least 4 members (excludes halogenated alkanes) is 16. The van der Waals surface area contributed by atoms with Crippen molar-refractivity contribution in [2.24, 2.45) is 0 Å². The Balaban J connectivity index is -0.000000252. The molecule has 13 heteroatoms. The van der Waals surface area contributed by atoms with Gasteiger partial charge in [-0.1, -0.05) is 129 Å². The van der Waals surface area contributed by atoms with Crippen LogP contribution in [0.5, 0.6) is 0 Å². The summed E-state index contributed by atoms with van der Waals surface area (Å²) in [5.74, 6) is -2.06. The molecule has 0 bridgehead atoms. The largest absolute Gasteiger partial charge is 1.00 e. The number of carbonyl (C=O) groups excluding carboxylic acids is 4. The fourth-order valence-electron chi connectivity index (χ4n) is 4.55. The van der Waals surface area contributed by atoms with Crippen molar-refractivity contribution in [3.8, 4) is 0 Å². The zero-order valence-electron chi connectivity index (χ0n) is 32.8. The molecule has 9 nitrogen and oxygen atoms in total. The van der Waals surface area contributed by atoms with Gasteiger partial charge in [0.2, 0.25) is 0 Å². The number of alkyl halides is 2. The topological polar surface area (TPSA) is 142 Å². The van der Waals surface area contributed by atoms with Crippen LogP contribution >= 0.6 is 31.9 Å². The molecule has 288 valence electrons. The van der Waals surface area contributed by atoms with Gasteiger partial charge < -0.3 is 24.4 Å². The Morgan fingerprint density at radius 2 is 0.804 bits per heavy atom. The van der Waals surface area contributed by atoms with Crippen LogP contribution in [0.2, 0.25) is 0 Å². The van der Waals surface area contributed by atoms with Crippen molar-refractivity contribution in [3.05, 3.63) is 24.4 Å². The molecule has 0 amide bonds. The summed E-state index contributed by atoms with van der Waals surface area (Å²) >= 11 is 6.90. The number of halogens is 2. The van der Waals surface area contributed by atoms with Crippen molar-refractivity contribution in [2.75, 3.05) is 30.5 Å². The minimum atomic E-state index is -0.627. The number of allylic oxidation sites excluding steroid dienone is 1. The van der Waals surface area contributed by atoms with Gasteiger partial charge in [-0.2, -0.15) is 0 Å². The quantitative estimate of drug-likeness (QED) is 0.0196. The van der Waals surface area contributed by atoms with Crippen LogP contribution in [-0.4, -0.2) is 54.0 Å². The molecule has 0 fully saturated rings. The number of carbonyl (C=O) groups is 4. The Morgan fingerprint density at radius 3 is 1.06 bits per heavy atom. The van der Waals surface area contributed by atoms with E-state index in [0.29, 0.717) is 26.1 Å². The molecule has 0 N–H and O–H groups in total. The molecule has 0 aliphatic carbocycles. The Hall–Kier alpha value is -0.283. The average molecular weight is 857 g/mol. The van der Waals surface area contributed by atoms with Gasteiger partial charge in [0.1, 0.15) is 24.4 Å². The summed E-state index contributed by atoms with van der Waals surface area (Å²) < 4.78 is 13.9. The third kappa shape index (κ3) is 56.6. The molecule has 0 atom stereocenters. The number of hydrogen-bond donors (Lipinski definition) is 0. The van der Waals surface area contributed by atoms with Gasteiger partial charge in [0, 0.05) is 23.5 Å². The van der Waals surface area contributed by atoms with Gasteiger partial charge in [-0.05, 0) is 52.2 Å². The van der Waals surface area contributed by atoms with E-state index < -0.39 is 23.6 Å². The molecule has 0 aromatic rings. The van der Waals surface area contributed by atoms with Gasteiger partial charge in [-0.3, -0.25) is 19.2 Å². The first-order valence-electron chi connectivity index (χ1n) is 18.4. The number of rotatable bonds is 31. The number of Topliss-reactive ketones (excluding diaryl/α,β-unsaturated/α-hetero) is 2. The molecule has 0 spiro atoms. The fourth-order valence-corrected chi connectivity index (χ4v) is 5.34. The summed E-state index contributed by atoms with van der Waals surface area (Å²) in [5.41, 5.74) is 0. The summed E-state index contributed by atoms with van der Waals surface area (Å²) in [5, 5.41) is 22.7. The van der Waals surface area contributed by atoms with Gasteiger partial charge in [-0.15, -0.1) is 12.3 Å². The van der Waals surface area contributed by atoms with Gasteiger partial charge in [0.05, 0.1) is 19.2 Å². The predicted octanol–water partition coefficient (Wildman–Crippen LogP) is 2.72. The summed E-state index contributed by atoms with van der Waals surface area (Å²) in [6.45, 7) is 9.02. The van der Waals surface area contributed by atoms with Crippen LogP contribution in [0.15, 0.2) is 24.4 Å². The van der Waals surface area contributed by atoms with Crippen LogP contribution in [0.1, 0.15) is 162 Å². The first-order chi connectivity index (χ1) is 23.6. The second-order valence-corrected chi connectivity index (χ2v) is 13.2. The molecule has 51 heavy (non-hydrogen) atoms. The molecule has 0 radical (unpaired) electrons. The smallest absolute Gasteiger partial charge is 0.873 e. The number of hydrogen-bond acceptors (Lipinski definition) is 9. The minimum Gasteiger partial charge on any atom is -0.873 e. The van der Waals surface area contributed by atoms with Crippen LogP contribution in [0.3, 0.4) is 0 Å². The monoisotopic (exact) mass is 854 g/mol. The van der Waals surface area contributed by atoms with Crippen molar-refractivity contribution >= 4 is 55.4 Å². The van der Waals surface area contributed by atoms with Crippen LogP contribution < -0.4 is 58.6 Å². The second kappa shape index (κ2) is 49.7. The molecule has 0 aliphatic heterocycles. The third-order valence-corrected chi connectivity index (χ3v) is 8.16. The van der Waals surface area contributed by atoms with E-state index in [9.17, 15) is 29.4 Å². The molecular formula is C38H66Br2LiNaO9. The molecular weight excluding hydrogens is 790 g/mol. The van der Waals surface area contributed by atoms with Crippen LogP contribution in [0.25, 0.3) is 0 Å². The molecule has 0 rings (SSSR count). The van der Waals surface area contributed by atoms with Crippen molar-refractivity contribution in [3.63, 3.8) is 0 Å². The average Bonchev–Trinajstić information content (AvgIpc) is 3.03. The minimum absolute atomic E-state index is 0. The fraction of sp³-hybridized carbons (Fsp3) is 0.789. The molecule has 0 heterocycles. The first kappa shape index (κ1) is 60.0. The van der Waals surface area contributed by atoms with Crippen molar-refractivity contribution in [1.29, 1.82) is 0 Å². The summed E-state index contributed by atoms with van der Waals surface area (Å²) in [6.07, 6.45) is 23.5. The third-order valence-electron chi connectivity index (χ3n) is 7.04. The molecule has 0 aliphatic rings. The van der Waals surface area contributed by atoms with E-state index in [1.54, 1.807) is 20.8 Å². The van der Waals surface area contributed by atoms with E-state index in [-0.39, 0.29) is 79.4 Å². The van der Waals surface area contributed by atoms with Crippen LogP contribution in [0, 0.1) is 0 Å². The van der Waals surface area contributed by atoms with E-state index >= 15 is 0 Å². The Labute approximate surface area is 361 Å². The predicted molar refractivity (Wildman–Crippen MR) is 201 cm³/mol. The normalized spacial score (nSPS) is 10.2. The summed E-state index contributed by atoms with van der Waals surface area (Å²) in [6, 6.07) is 0. The SMILES string of the molecule is BrCCCCCCCCCCBr.C=C([O-])C=C([O-])OCC.CCOC(=O)CC(=O)CCCCCCCCCCCCC(=O)CC(=O)OCC.[Li+].[Na+]. The second-order valence-electron chi connectivity index (χ2n) is 11.6. The maximum Gasteiger partial charge on any atom is 1.00 e. The maximum absolute atomic E-state index is 11.6. The van der Waals surface area contributed by atoms with E-state index in [0.717, 1.165) is 44.6 Å². The van der Waals surface area contributed by atoms with Gasteiger partial charge in [-0.25, -0.2) is 0 Å². The van der Waals surface area contributed by atoms with Crippen LogP contribution in [-0.2, 0) is 33.4 Å². The van der Waals surface area contributed by atoms with E-state index in [2.05, 4.69) is 43.2 Å². The standard InChI is InChI=1S/C22H38O6.C10H20Br2.C6H10O3.Li.Na/c1-3-27-21(25)17-19(23)15-13-11-9-7-5-6-8-10-12-14-16-20(24)18-22(26)28-4-2;11-9-7-5-3-1-2-4-6-8-10-12;1-3-9-6(8)4-5(2)7;;/h3-18H2,1-2H3;1-10H2;4,7-8H,2-3H2,1H3;;/q;;;2*+1/p-2. The van der Waals surface area contributed by atoms with Crippen molar-refractivity contribution < 1.29 is 92.0 Å². The summed E-state index contributed by atoms with van der Waals surface area (Å²) in [4.78, 5) is 45.5. The Bertz CT molecular complexity index is 809. The number of ether oxygens (including phenoxy) is 3.